The number of fused-ring (bicyclic) bond motifs is 2. The van der Waals surface area contributed by atoms with Crippen molar-refractivity contribution >= 4 is 53.3 Å². The van der Waals surface area contributed by atoms with Gasteiger partial charge in [-0.25, -0.2) is 4.68 Å². The number of hydrogen-bond acceptors (Lipinski definition) is 10. The number of aldehydes is 1. The minimum absolute atomic E-state index is 0.0406. The van der Waals surface area contributed by atoms with Crippen LogP contribution in [-0.2, 0) is 27.3 Å². The van der Waals surface area contributed by atoms with Crippen molar-refractivity contribution in [1.29, 1.82) is 0 Å². The number of nitrogens with one attached hydrogen (secondary N) is 3. The number of carbonyl (C=O) groups excluding carboxylic acids is 5. The molecule has 0 bridgehead atoms. The maximum absolute atomic E-state index is 13.4. The Morgan fingerprint density at radius 2 is 1.71 bits per heavy atom. The molecule has 1 unspecified atom stereocenters. The number of primary amides is 1. The second kappa shape index (κ2) is 17.5. The maximum Gasteiger partial charge on any atom is 0.261 e. The standard InChI is InChI=1S/C44H46N8O6/c1-28-25-33(13-16-36(28)44(57)51(27-54)38(9-6-24-53)43(56)46-2)50-21-19-31(20-22-50)47-32-12-17-37-30(26-32)18-23-52-42(48-37)39(41(45)55)40(49-52)29-10-14-35(15-11-29)58-34-7-4-3-5-8-34/h3-5,7-8,10-17,24-27,31,38,47-48H,6,9,18-23H2,1-2H3,(H2,45,55)(H,46,56). The number of imide groups is 1. The van der Waals surface area contributed by atoms with Crippen LogP contribution in [0.1, 0.15) is 57.5 Å². The lowest BCUT2D eigenvalue weighted by Crippen LogP contribution is -2.48. The van der Waals surface area contributed by atoms with Crippen LogP contribution in [0.4, 0.5) is 22.9 Å². The van der Waals surface area contributed by atoms with Gasteiger partial charge in [0.05, 0.1) is 0 Å². The number of rotatable bonds is 14. The molecular formula is C44H46N8O6. The third-order valence-electron chi connectivity index (χ3n) is 10.7. The van der Waals surface area contributed by atoms with Crippen LogP contribution < -0.4 is 31.3 Å². The van der Waals surface area contributed by atoms with Crippen LogP contribution in [0.2, 0.25) is 0 Å². The largest absolute Gasteiger partial charge is 0.457 e. The van der Waals surface area contributed by atoms with E-state index in [9.17, 15) is 24.0 Å². The van der Waals surface area contributed by atoms with E-state index in [4.69, 9.17) is 15.6 Å². The van der Waals surface area contributed by atoms with Gasteiger partial charge in [-0.05, 0) is 117 Å². The van der Waals surface area contributed by atoms with Gasteiger partial charge in [-0.3, -0.25) is 24.1 Å². The summed E-state index contributed by atoms with van der Waals surface area (Å²) in [5.74, 6) is 0.303. The molecule has 14 heteroatoms. The summed E-state index contributed by atoms with van der Waals surface area (Å²) in [7, 11) is 1.42. The van der Waals surface area contributed by atoms with Crippen molar-refractivity contribution in [3.8, 4) is 22.8 Å². The minimum atomic E-state index is -1.08. The lowest BCUT2D eigenvalue weighted by Gasteiger charge is -2.35. The Morgan fingerprint density at radius 3 is 2.38 bits per heavy atom. The third kappa shape index (κ3) is 8.41. The van der Waals surface area contributed by atoms with E-state index in [2.05, 4.69) is 26.9 Å². The van der Waals surface area contributed by atoms with Crippen LogP contribution in [0, 0.1) is 6.92 Å². The van der Waals surface area contributed by atoms with E-state index in [1.54, 1.807) is 6.07 Å². The number of anilines is 4. The van der Waals surface area contributed by atoms with Gasteiger partial charge in [0.25, 0.3) is 11.8 Å². The lowest BCUT2D eigenvalue weighted by molar-refractivity contribution is -0.131. The summed E-state index contributed by atoms with van der Waals surface area (Å²) < 4.78 is 7.75. The van der Waals surface area contributed by atoms with Gasteiger partial charge in [0.1, 0.15) is 40.9 Å². The second-order valence-electron chi connectivity index (χ2n) is 14.4. The molecule has 2 aliphatic rings. The molecule has 1 saturated heterocycles. The lowest BCUT2D eigenvalue weighted by atomic mass is 10.0. The third-order valence-corrected chi connectivity index (χ3v) is 10.7. The van der Waals surface area contributed by atoms with Crippen molar-refractivity contribution < 1.29 is 28.7 Å². The van der Waals surface area contributed by atoms with Gasteiger partial charge in [0.15, 0.2) is 0 Å². The molecule has 1 atom stereocenters. The molecule has 0 spiro atoms. The molecule has 2 aliphatic heterocycles. The zero-order valence-electron chi connectivity index (χ0n) is 32.4. The van der Waals surface area contributed by atoms with Crippen molar-refractivity contribution in [3.63, 3.8) is 0 Å². The number of hydrogen-bond donors (Lipinski definition) is 4. The zero-order chi connectivity index (χ0) is 40.8. The molecule has 0 aliphatic carbocycles. The first-order valence-corrected chi connectivity index (χ1v) is 19.4. The fraction of sp³-hybridized carbons (Fsp3) is 0.273. The van der Waals surface area contributed by atoms with E-state index in [1.165, 1.54) is 7.05 Å². The number of benzene rings is 4. The molecular weight excluding hydrogens is 737 g/mol. The highest BCUT2D eigenvalue weighted by Gasteiger charge is 2.31. The first kappa shape index (κ1) is 39.3. The van der Waals surface area contributed by atoms with Gasteiger partial charge >= 0.3 is 0 Å². The predicted molar refractivity (Wildman–Crippen MR) is 222 cm³/mol. The average molecular weight is 783 g/mol. The summed E-state index contributed by atoms with van der Waals surface area (Å²) >= 11 is 0. The van der Waals surface area contributed by atoms with Crippen LogP contribution in [-0.4, -0.2) is 77.3 Å². The van der Waals surface area contributed by atoms with E-state index in [-0.39, 0.29) is 18.9 Å². The Bertz CT molecular complexity index is 2320. The summed E-state index contributed by atoms with van der Waals surface area (Å²) in [5, 5.41) is 14.5. The zero-order valence-corrected chi connectivity index (χ0v) is 32.4. The highest BCUT2D eigenvalue weighted by Crippen LogP contribution is 2.36. The van der Waals surface area contributed by atoms with Crippen LogP contribution >= 0.6 is 0 Å². The van der Waals surface area contributed by atoms with Gasteiger partial charge in [-0.2, -0.15) is 5.10 Å². The molecule has 4 aromatic carbocycles. The fourth-order valence-corrected chi connectivity index (χ4v) is 7.65. The number of ether oxygens (including phenoxy) is 1. The Morgan fingerprint density at radius 1 is 0.966 bits per heavy atom. The van der Waals surface area contributed by atoms with E-state index < -0.39 is 23.8 Å². The SMILES string of the molecule is CNC(=O)C(CCC=O)N(C=O)C(=O)c1ccc(N2CCC(Nc3ccc4c(c3)CCn3nc(-c5ccc(Oc6ccccc6)cc5)c(C(N)=O)c3N4)CC2)cc1C. The van der Waals surface area contributed by atoms with Crippen molar-refractivity contribution in [2.75, 3.05) is 35.7 Å². The second-order valence-corrected chi connectivity index (χ2v) is 14.4. The van der Waals surface area contributed by atoms with Crippen molar-refractivity contribution in [3.05, 3.63) is 113 Å². The number of aryl methyl sites for hydroxylation is 3. The van der Waals surface area contributed by atoms with Crippen molar-refractivity contribution in [2.45, 2.75) is 57.7 Å². The minimum Gasteiger partial charge on any atom is -0.457 e. The quantitative estimate of drug-likeness (QED) is 0.100. The van der Waals surface area contributed by atoms with Crippen LogP contribution in [0.25, 0.3) is 11.3 Å². The van der Waals surface area contributed by atoms with Gasteiger partial charge in [0, 0.05) is 67.3 Å². The number of nitrogens with zero attached hydrogens (tertiary/aromatic N) is 4. The average Bonchev–Trinajstić information content (AvgIpc) is 3.51. The highest BCUT2D eigenvalue weighted by atomic mass is 16.5. The molecule has 4 amide bonds. The van der Waals surface area contributed by atoms with Gasteiger partial charge in [-0.1, -0.05) is 18.2 Å². The predicted octanol–water partition coefficient (Wildman–Crippen LogP) is 5.82. The molecule has 5 aromatic rings. The summed E-state index contributed by atoms with van der Waals surface area (Å²) in [6, 6.07) is 27.8. The monoisotopic (exact) mass is 782 g/mol. The van der Waals surface area contributed by atoms with Crippen molar-refractivity contribution in [2.24, 2.45) is 5.73 Å². The van der Waals surface area contributed by atoms with Crippen LogP contribution in [0.5, 0.6) is 11.5 Å². The Labute approximate surface area is 336 Å². The summed E-state index contributed by atoms with van der Waals surface area (Å²) in [4.78, 5) is 64.8. The molecule has 5 N–H and O–H groups in total. The molecule has 58 heavy (non-hydrogen) atoms. The Hall–Kier alpha value is -6.96. The Kier molecular flexibility index (Phi) is 11.8. The number of amides is 4. The van der Waals surface area contributed by atoms with E-state index >= 15 is 0 Å². The summed E-state index contributed by atoms with van der Waals surface area (Å²) in [6.45, 7) is 3.95. The highest BCUT2D eigenvalue weighted by molar-refractivity contribution is 6.05. The molecule has 1 fully saturated rings. The molecule has 0 radical (unpaired) electrons. The first-order chi connectivity index (χ1) is 28.2. The molecule has 7 rings (SSSR count). The normalized spacial score (nSPS) is 14.1. The van der Waals surface area contributed by atoms with Crippen molar-refractivity contribution in [1.82, 2.24) is 20.0 Å². The van der Waals surface area contributed by atoms with Gasteiger partial charge in [-0.15, -0.1) is 0 Å². The molecule has 298 valence electrons. The first-order valence-electron chi connectivity index (χ1n) is 19.4. The summed E-state index contributed by atoms with van der Waals surface area (Å²) in [6.07, 6.45) is 3.57. The van der Waals surface area contributed by atoms with E-state index in [0.29, 0.717) is 59.6 Å². The molecule has 3 heterocycles. The van der Waals surface area contributed by atoms with Gasteiger partial charge < -0.3 is 36.1 Å². The number of para-hydroxylation sites is 1. The maximum atomic E-state index is 13.4. The number of nitrogens with two attached hydrogens (primary N) is 1. The van der Waals surface area contributed by atoms with Crippen LogP contribution in [0.15, 0.2) is 91.0 Å². The number of carbonyl (C=O) groups is 5. The fourth-order valence-electron chi connectivity index (χ4n) is 7.65. The molecule has 14 nitrogen and oxygen atoms in total. The topological polar surface area (TPSA) is 181 Å². The molecule has 1 aromatic heterocycles. The smallest absolute Gasteiger partial charge is 0.261 e. The number of aromatic nitrogens is 2. The number of likely N-dealkylation sites (N-methyl/N-ethyl adjacent to an activating group) is 1. The van der Waals surface area contributed by atoms with E-state index in [0.717, 1.165) is 64.8 Å². The number of piperidine rings is 1. The summed E-state index contributed by atoms with van der Waals surface area (Å²) in [5.41, 5.74) is 12.5. The molecule has 0 saturated carbocycles. The van der Waals surface area contributed by atoms with E-state index in [1.807, 2.05) is 90.5 Å². The van der Waals surface area contributed by atoms with Gasteiger partial charge in [0.2, 0.25) is 12.3 Å². The Balaban J connectivity index is 0.979. The van der Waals surface area contributed by atoms with Crippen LogP contribution in [0.3, 0.4) is 0 Å².